The van der Waals surface area contributed by atoms with Gasteiger partial charge in [0.05, 0.1) is 0 Å². The second kappa shape index (κ2) is 3.46. The van der Waals surface area contributed by atoms with Crippen molar-refractivity contribution in [3.8, 4) is 11.5 Å². The van der Waals surface area contributed by atoms with E-state index in [9.17, 15) is 4.79 Å². The zero-order valence-corrected chi connectivity index (χ0v) is 7.73. The summed E-state index contributed by atoms with van der Waals surface area (Å²) < 4.78 is 5.23. The number of rotatable bonds is 2. The molecule has 70 valence electrons. The average molecular weight is 187 g/mol. The minimum absolute atomic E-state index is 0.322. The second-order valence-corrected chi connectivity index (χ2v) is 3.04. The first-order chi connectivity index (χ1) is 6.79. The van der Waals surface area contributed by atoms with E-state index in [0.29, 0.717) is 17.8 Å². The van der Waals surface area contributed by atoms with Gasteiger partial charge in [-0.3, -0.25) is 9.78 Å². The van der Waals surface area contributed by atoms with Gasteiger partial charge >= 0.3 is 0 Å². The molecule has 0 aliphatic heterocycles. The van der Waals surface area contributed by atoms with E-state index in [1.54, 1.807) is 18.3 Å². The fourth-order valence-corrected chi connectivity index (χ4v) is 1.17. The lowest BCUT2D eigenvalue weighted by Gasteiger charge is -1.95. The molecule has 0 radical (unpaired) electrons. The van der Waals surface area contributed by atoms with Gasteiger partial charge in [-0.15, -0.1) is 0 Å². The molecule has 2 rings (SSSR count). The molecule has 2 aromatic heterocycles. The smallest absolute Gasteiger partial charge is 0.185 e. The van der Waals surface area contributed by atoms with Crippen LogP contribution in [0.2, 0.25) is 0 Å². The topological polar surface area (TPSA) is 43.1 Å². The van der Waals surface area contributed by atoms with Gasteiger partial charge in [0.15, 0.2) is 17.8 Å². The zero-order chi connectivity index (χ0) is 9.97. The van der Waals surface area contributed by atoms with Crippen LogP contribution in [0.1, 0.15) is 16.1 Å². The summed E-state index contributed by atoms with van der Waals surface area (Å²) in [7, 11) is 0. The van der Waals surface area contributed by atoms with Crippen LogP contribution in [0, 0.1) is 6.92 Å². The van der Waals surface area contributed by atoms with Crippen LogP contribution in [0.25, 0.3) is 11.5 Å². The van der Waals surface area contributed by atoms with E-state index in [2.05, 4.69) is 4.98 Å². The average Bonchev–Trinajstić information content (AvgIpc) is 2.67. The summed E-state index contributed by atoms with van der Waals surface area (Å²) in [6.07, 6.45) is 2.44. The lowest BCUT2D eigenvalue weighted by molar-refractivity contribution is 0.110. The first-order valence-electron chi connectivity index (χ1n) is 4.27. The Kier molecular flexibility index (Phi) is 2.14. The third kappa shape index (κ3) is 1.57. The maximum Gasteiger partial charge on any atom is 0.185 e. The maximum absolute atomic E-state index is 10.4. The van der Waals surface area contributed by atoms with Gasteiger partial charge in [-0.25, -0.2) is 0 Å². The summed E-state index contributed by atoms with van der Waals surface area (Å²) in [6.45, 7) is 1.97. The number of carbonyl (C=O) groups excluding carboxylic acids is 1. The highest BCUT2D eigenvalue weighted by Crippen LogP contribution is 2.19. The Balaban J connectivity index is 2.39. The zero-order valence-electron chi connectivity index (χ0n) is 7.73. The third-order valence-corrected chi connectivity index (χ3v) is 1.91. The highest BCUT2D eigenvalue weighted by molar-refractivity contribution is 5.72. The van der Waals surface area contributed by atoms with E-state index in [1.807, 2.05) is 19.1 Å². The lowest BCUT2D eigenvalue weighted by atomic mass is 10.2. The highest BCUT2D eigenvalue weighted by atomic mass is 16.3. The summed E-state index contributed by atoms with van der Waals surface area (Å²) in [5.41, 5.74) is 1.83. The number of aryl methyl sites for hydroxylation is 1. The van der Waals surface area contributed by atoms with Gasteiger partial charge in [0.25, 0.3) is 0 Å². The molecule has 0 unspecified atom stereocenters. The van der Waals surface area contributed by atoms with E-state index in [0.717, 1.165) is 11.3 Å². The number of aldehydes is 1. The summed E-state index contributed by atoms with van der Waals surface area (Å²) >= 11 is 0. The Labute approximate surface area is 81.4 Å². The predicted molar refractivity (Wildman–Crippen MR) is 52.1 cm³/mol. The molecule has 0 aliphatic carbocycles. The third-order valence-electron chi connectivity index (χ3n) is 1.91. The number of hydrogen-bond acceptors (Lipinski definition) is 3. The molecule has 14 heavy (non-hydrogen) atoms. The molecule has 0 spiro atoms. The van der Waals surface area contributed by atoms with Crippen molar-refractivity contribution in [2.75, 3.05) is 0 Å². The quantitative estimate of drug-likeness (QED) is 0.678. The second-order valence-electron chi connectivity index (χ2n) is 3.04. The Hall–Kier alpha value is -1.90. The molecule has 2 heterocycles. The Morgan fingerprint density at radius 2 is 2.14 bits per heavy atom. The van der Waals surface area contributed by atoms with Crippen LogP contribution in [-0.2, 0) is 0 Å². The first kappa shape index (κ1) is 8.69. The summed E-state index contributed by atoms with van der Waals surface area (Å²) in [5.74, 6) is 0.939. The molecular weight excluding hydrogens is 178 g/mol. The van der Waals surface area contributed by atoms with Crippen LogP contribution >= 0.6 is 0 Å². The van der Waals surface area contributed by atoms with Crippen molar-refractivity contribution in [3.05, 3.63) is 41.8 Å². The number of hydrogen-bond donors (Lipinski definition) is 0. The molecule has 0 aromatic carbocycles. The largest absolute Gasteiger partial charge is 0.452 e. The number of pyridine rings is 1. The Bertz CT molecular complexity index is 443. The number of aromatic nitrogens is 1. The van der Waals surface area contributed by atoms with E-state index in [-0.39, 0.29) is 0 Å². The lowest BCUT2D eigenvalue weighted by Crippen LogP contribution is -1.81. The molecule has 0 bridgehead atoms. The molecule has 0 atom stereocenters. The molecule has 2 aromatic rings. The highest BCUT2D eigenvalue weighted by Gasteiger charge is 2.04. The van der Waals surface area contributed by atoms with Crippen molar-refractivity contribution in [1.29, 1.82) is 0 Å². The van der Waals surface area contributed by atoms with Crippen molar-refractivity contribution in [2.45, 2.75) is 6.92 Å². The fraction of sp³-hybridized carbons (Fsp3) is 0.0909. The molecule has 0 saturated carbocycles. The standard InChI is InChI=1S/C11H9NO2/c1-8-2-4-10(12-6-8)11-5-3-9(7-13)14-11/h2-7H,1H3. The first-order valence-corrected chi connectivity index (χ1v) is 4.27. The van der Waals surface area contributed by atoms with Crippen molar-refractivity contribution in [2.24, 2.45) is 0 Å². The minimum Gasteiger partial charge on any atom is -0.452 e. The predicted octanol–water partition coefficient (Wildman–Crippen LogP) is 2.46. The van der Waals surface area contributed by atoms with Crippen LogP contribution in [0.4, 0.5) is 0 Å². The van der Waals surface area contributed by atoms with Gasteiger partial charge in [0.1, 0.15) is 5.69 Å². The van der Waals surface area contributed by atoms with Gasteiger partial charge in [0.2, 0.25) is 0 Å². The van der Waals surface area contributed by atoms with Crippen molar-refractivity contribution < 1.29 is 9.21 Å². The number of carbonyl (C=O) groups is 1. The van der Waals surface area contributed by atoms with E-state index >= 15 is 0 Å². The molecule has 0 aliphatic rings. The number of furan rings is 1. The molecule has 3 heteroatoms. The van der Waals surface area contributed by atoms with Crippen LogP contribution in [-0.4, -0.2) is 11.3 Å². The van der Waals surface area contributed by atoms with Crippen molar-refractivity contribution in [3.63, 3.8) is 0 Å². The van der Waals surface area contributed by atoms with E-state index in [4.69, 9.17) is 4.42 Å². The minimum atomic E-state index is 0.322. The van der Waals surface area contributed by atoms with Gasteiger partial charge in [-0.05, 0) is 30.7 Å². The van der Waals surface area contributed by atoms with E-state index < -0.39 is 0 Å². The molecule has 0 saturated heterocycles. The van der Waals surface area contributed by atoms with Gasteiger partial charge in [-0.1, -0.05) is 6.07 Å². The monoisotopic (exact) mass is 187 g/mol. The molecule has 0 N–H and O–H groups in total. The Morgan fingerprint density at radius 1 is 1.29 bits per heavy atom. The van der Waals surface area contributed by atoms with Gasteiger partial charge in [-0.2, -0.15) is 0 Å². The van der Waals surface area contributed by atoms with Gasteiger partial charge in [0, 0.05) is 6.20 Å². The normalized spacial score (nSPS) is 10.1. The molecule has 0 amide bonds. The Morgan fingerprint density at radius 3 is 2.71 bits per heavy atom. The van der Waals surface area contributed by atoms with E-state index in [1.165, 1.54) is 0 Å². The van der Waals surface area contributed by atoms with Crippen molar-refractivity contribution >= 4 is 6.29 Å². The number of nitrogens with zero attached hydrogens (tertiary/aromatic N) is 1. The maximum atomic E-state index is 10.4. The van der Waals surface area contributed by atoms with Crippen LogP contribution < -0.4 is 0 Å². The van der Waals surface area contributed by atoms with Crippen LogP contribution in [0.3, 0.4) is 0 Å². The van der Waals surface area contributed by atoms with Crippen LogP contribution in [0.5, 0.6) is 0 Å². The molecule has 0 fully saturated rings. The summed E-state index contributed by atoms with van der Waals surface area (Å²) in [5, 5.41) is 0. The fourth-order valence-electron chi connectivity index (χ4n) is 1.17. The summed E-state index contributed by atoms with van der Waals surface area (Å²) in [6, 6.07) is 7.18. The molecular formula is C11H9NO2. The SMILES string of the molecule is Cc1ccc(-c2ccc(C=O)o2)nc1. The van der Waals surface area contributed by atoms with Crippen molar-refractivity contribution in [1.82, 2.24) is 4.98 Å². The van der Waals surface area contributed by atoms with Crippen LogP contribution in [0.15, 0.2) is 34.9 Å². The summed E-state index contributed by atoms with van der Waals surface area (Å²) in [4.78, 5) is 14.6. The molecule has 3 nitrogen and oxygen atoms in total. The van der Waals surface area contributed by atoms with Gasteiger partial charge < -0.3 is 4.42 Å².